The van der Waals surface area contributed by atoms with Crippen LogP contribution in [0.1, 0.15) is 18.5 Å². The highest BCUT2D eigenvalue weighted by Gasteiger charge is 2.20. The third-order valence-electron chi connectivity index (χ3n) is 3.60. The molecule has 17 heavy (non-hydrogen) atoms. The van der Waals surface area contributed by atoms with Crippen molar-refractivity contribution >= 4 is 17.2 Å². The fourth-order valence-corrected chi connectivity index (χ4v) is 2.60. The van der Waals surface area contributed by atoms with E-state index >= 15 is 0 Å². The van der Waals surface area contributed by atoms with Gasteiger partial charge >= 0.3 is 0 Å². The summed E-state index contributed by atoms with van der Waals surface area (Å²) in [5, 5.41) is 4.18. The molecule has 1 aromatic heterocycles. The smallest absolute Gasteiger partial charge is 0.0759 e. The minimum atomic E-state index is 0.456. The molecular weight excluding hydrogens is 232 g/mol. The lowest BCUT2D eigenvalue weighted by molar-refractivity contribution is 0.211. The summed E-state index contributed by atoms with van der Waals surface area (Å²) in [6.07, 6.45) is 5.14. The van der Waals surface area contributed by atoms with Crippen molar-refractivity contribution in [2.24, 2.45) is 18.7 Å². The Morgan fingerprint density at radius 1 is 1.53 bits per heavy atom. The van der Waals surface area contributed by atoms with E-state index in [1.54, 1.807) is 0 Å². The first-order chi connectivity index (χ1) is 8.16. The summed E-state index contributed by atoms with van der Waals surface area (Å²) in [4.78, 5) is 3.18. The van der Waals surface area contributed by atoms with Crippen molar-refractivity contribution in [1.29, 1.82) is 0 Å². The van der Waals surface area contributed by atoms with Crippen molar-refractivity contribution in [1.82, 2.24) is 14.7 Å². The topological polar surface area (TPSA) is 47.1 Å². The molecule has 4 nitrogen and oxygen atoms in total. The summed E-state index contributed by atoms with van der Waals surface area (Å²) >= 11 is 5.05. The maximum Gasteiger partial charge on any atom is 0.0759 e. The molecule has 2 rings (SSSR count). The fraction of sp³-hybridized carbons (Fsp3) is 0.667. The Labute approximate surface area is 108 Å². The lowest BCUT2D eigenvalue weighted by Gasteiger charge is -2.31. The molecule has 1 saturated heterocycles. The van der Waals surface area contributed by atoms with Crippen LogP contribution in [0.5, 0.6) is 0 Å². The van der Waals surface area contributed by atoms with Gasteiger partial charge in [-0.15, -0.1) is 0 Å². The number of hydrogen-bond donors (Lipinski definition) is 1. The summed E-state index contributed by atoms with van der Waals surface area (Å²) in [5.74, 6) is 0.456. The lowest BCUT2D eigenvalue weighted by Crippen LogP contribution is -2.38. The van der Waals surface area contributed by atoms with Crippen LogP contribution in [0.3, 0.4) is 0 Å². The molecule has 2 N–H and O–H groups in total. The second-order valence-electron chi connectivity index (χ2n) is 4.71. The van der Waals surface area contributed by atoms with Crippen molar-refractivity contribution < 1.29 is 0 Å². The Bertz CT molecular complexity index is 380. The maximum atomic E-state index is 5.68. The number of thiocarbonyl (C=S) groups is 1. The first kappa shape index (κ1) is 12.5. The number of rotatable bonds is 4. The van der Waals surface area contributed by atoms with Gasteiger partial charge in [-0.05, 0) is 32.0 Å². The third kappa shape index (κ3) is 3.26. The number of likely N-dealkylation sites (tertiary alicyclic amines) is 1. The Morgan fingerprint density at radius 2 is 2.24 bits per heavy atom. The number of nitrogens with zero attached hydrogens (tertiary/aromatic N) is 3. The average molecular weight is 252 g/mol. The van der Waals surface area contributed by atoms with E-state index in [1.807, 2.05) is 17.9 Å². The van der Waals surface area contributed by atoms with E-state index in [0.29, 0.717) is 10.9 Å². The zero-order chi connectivity index (χ0) is 12.3. The van der Waals surface area contributed by atoms with Crippen LogP contribution in [-0.2, 0) is 13.5 Å². The number of aromatic nitrogens is 2. The summed E-state index contributed by atoms with van der Waals surface area (Å²) in [6.45, 7) is 3.32. The van der Waals surface area contributed by atoms with Gasteiger partial charge in [0, 0.05) is 37.8 Å². The monoisotopic (exact) mass is 252 g/mol. The van der Waals surface area contributed by atoms with Gasteiger partial charge < -0.3 is 10.6 Å². The van der Waals surface area contributed by atoms with Crippen molar-refractivity contribution in [3.8, 4) is 0 Å². The Balaban J connectivity index is 1.75. The van der Waals surface area contributed by atoms with Gasteiger partial charge in [0.2, 0.25) is 0 Å². The standard InChI is InChI=1S/C12H20N4S/c1-15-11(2-6-14-15)5-9-16-7-3-10(4-8-16)12(13)17/h2,6,10H,3-5,7-9H2,1H3,(H2,13,17). The molecule has 0 amide bonds. The highest BCUT2D eigenvalue weighted by Crippen LogP contribution is 2.17. The number of nitrogens with two attached hydrogens (primary N) is 1. The van der Waals surface area contributed by atoms with Crippen LogP contribution in [0.25, 0.3) is 0 Å². The molecule has 0 bridgehead atoms. The second-order valence-corrected chi connectivity index (χ2v) is 5.19. The van der Waals surface area contributed by atoms with E-state index in [-0.39, 0.29) is 0 Å². The lowest BCUT2D eigenvalue weighted by atomic mass is 9.97. The van der Waals surface area contributed by atoms with E-state index in [2.05, 4.69) is 16.1 Å². The molecular formula is C12H20N4S. The number of aryl methyl sites for hydroxylation is 1. The van der Waals surface area contributed by atoms with Crippen molar-refractivity contribution in [3.05, 3.63) is 18.0 Å². The van der Waals surface area contributed by atoms with Crippen LogP contribution in [0, 0.1) is 5.92 Å². The molecule has 0 radical (unpaired) electrons. The van der Waals surface area contributed by atoms with E-state index in [9.17, 15) is 0 Å². The van der Waals surface area contributed by atoms with Gasteiger partial charge in [-0.3, -0.25) is 4.68 Å². The summed E-state index contributed by atoms with van der Waals surface area (Å²) in [5.41, 5.74) is 6.98. The highest BCUT2D eigenvalue weighted by molar-refractivity contribution is 7.80. The van der Waals surface area contributed by atoms with Crippen molar-refractivity contribution in [2.45, 2.75) is 19.3 Å². The van der Waals surface area contributed by atoms with Crippen LogP contribution in [0.4, 0.5) is 0 Å². The Morgan fingerprint density at radius 3 is 2.76 bits per heavy atom. The fourth-order valence-electron chi connectivity index (χ4n) is 2.36. The maximum absolute atomic E-state index is 5.68. The molecule has 5 heteroatoms. The molecule has 1 aliphatic heterocycles. The van der Waals surface area contributed by atoms with E-state index in [4.69, 9.17) is 18.0 Å². The molecule has 1 aromatic rings. The quantitative estimate of drug-likeness (QED) is 0.811. The first-order valence-corrected chi connectivity index (χ1v) is 6.56. The van der Waals surface area contributed by atoms with E-state index in [0.717, 1.165) is 38.9 Å². The molecule has 0 unspecified atom stereocenters. The van der Waals surface area contributed by atoms with Crippen molar-refractivity contribution in [2.75, 3.05) is 19.6 Å². The molecule has 0 aromatic carbocycles. The molecule has 0 spiro atoms. The predicted octanol–water partition coefficient (Wildman–Crippen LogP) is 0.961. The Kier molecular flexibility index (Phi) is 4.12. The predicted molar refractivity (Wildman–Crippen MR) is 72.9 cm³/mol. The highest BCUT2D eigenvalue weighted by atomic mass is 32.1. The van der Waals surface area contributed by atoms with Crippen molar-refractivity contribution in [3.63, 3.8) is 0 Å². The van der Waals surface area contributed by atoms with Crippen LogP contribution < -0.4 is 5.73 Å². The Hall–Kier alpha value is -0.940. The van der Waals surface area contributed by atoms with Crippen LogP contribution in [0.2, 0.25) is 0 Å². The van der Waals surface area contributed by atoms with Gasteiger partial charge in [0.1, 0.15) is 0 Å². The molecule has 94 valence electrons. The van der Waals surface area contributed by atoms with Gasteiger partial charge in [0.15, 0.2) is 0 Å². The molecule has 0 aliphatic carbocycles. The zero-order valence-corrected chi connectivity index (χ0v) is 11.1. The minimum absolute atomic E-state index is 0.456. The molecule has 1 fully saturated rings. The molecule has 0 atom stereocenters. The van der Waals surface area contributed by atoms with Gasteiger partial charge in [0.05, 0.1) is 4.99 Å². The van der Waals surface area contributed by atoms with Gasteiger partial charge in [-0.25, -0.2) is 0 Å². The van der Waals surface area contributed by atoms with Crippen LogP contribution >= 0.6 is 12.2 Å². The van der Waals surface area contributed by atoms with Gasteiger partial charge in [0.25, 0.3) is 0 Å². The van der Waals surface area contributed by atoms with Gasteiger partial charge in [-0.2, -0.15) is 5.10 Å². The number of piperidine rings is 1. The average Bonchev–Trinajstić information content (AvgIpc) is 2.73. The second kappa shape index (κ2) is 5.60. The zero-order valence-electron chi connectivity index (χ0n) is 10.3. The normalized spacial score (nSPS) is 18.4. The summed E-state index contributed by atoms with van der Waals surface area (Å²) < 4.78 is 1.95. The minimum Gasteiger partial charge on any atom is -0.393 e. The van der Waals surface area contributed by atoms with Crippen LogP contribution in [-0.4, -0.2) is 39.3 Å². The van der Waals surface area contributed by atoms with E-state index < -0.39 is 0 Å². The summed E-state index contributed by atoms with van der Waals surface area (Å²) in [6, 6.07) is 2.09. The largest absolute Gasteiger partial charge is 0.393 e. The summed E-state index contributed by atoms with van der Waals surface area (Å²) in [7, 11) is 1.99. The van der Waals surface area contributed by atoms with Crippen LogP contribution in [0.15, 0.2) is 12.3 Å². The SMILES string of the molecule is Cn1nccc1CCN1CCC(C(N)=S)CC1. The molecule has 0 saturated carbocycles. The molecule has 1 aliphatic rings. The first-order valence-electron chi connectivity index (χ1n) is 6.15. The number of hydrogen-bond acceptors (Lipinski definition) is 3. The molecule has 2 heterocycles. The third-order valence-corrected chi connectivity index (χ3v) is 3.93. The van der Waals surface area contributed by atoms with Gasteiger partial charge in [-0.1, -0.05) is 12.2 Å². The van der Waals surface area contributed by atoms with E-state index in [1.165, 1.54) is 5.69 Å².